The fraction of sp³-hybridized carbons (Fsp3) is 0.600. The van der Waals surface area contributed by atoms with E-state index >= 15 is 0 Å². The molecule has 100 valence electrons. The van der Waals surface area contributed by atoms with E-state index in [0.29, 0.717) is 6.61 Å². The Labute approximate surface area is 109 Å². The number of aryl methyl sites for hydroxylation is 2. The molecule has 1 aliphatic heterocycles. The van der Waals surface area contributed by atoms with Crippen LogP contribution in [0.3, 0.4) is 0 Å². The second kappa shape index (κ2) is 4.81. The van der Waals surface area contributed by atoms with E-state index in [-0.39, 0.29) is 11.7 Å². The molecule has 3 nitrogen and oxygen atoms in total. The van der Waals surface area contributed by atoms with E-state index in [0.717, 1.165) is 35.4 Å². The molecule has 0 radical (unpaired) electrons. The third-order valence-electron chi connectivity index (χ3n) is 3.54. The van der Waals surface area contributed by atoms with Crippen molar-refractivity contribution in [3.05, 3.63) is 23.3 Å². The van der Waals surface area contributed by atoms with Crippen LogP contribution in [0.1, 0.15) is 37.8 Å². The molecule has 1 unspecified atom stereocenters. The van der Waals surface area contributed by atoms with Gasteiger partial charge in [0.15, 0.2) is 0 Å². The van der Waals surface area contributed by atoms with Crippen molar-refractivity contribution in [1.29, 1.82) is 0 Å². The van der Waals surface area contributed by atoms with Gasteiger partial charge in [0.2, 0.25) is 0 Å². The van der Waals surface area contributed by atoms with Gasteiger partial charge in [-0.25, -0.2) is 0 Å². The standard InChI is InChI=1S/C15H23NO2/c1-10-7-11(2)14(8-13(10)16)17-9-12-5-6-15(3,4)18-12/h7-8,12H,5-6,9,16H2,1-4H3. The van der Waals surface area contributed by atoms with Gasteiger partial charge in [-0.1, -0.05) is 6.07 Å². The number of nitrogens with two attached hydrogens (primary N) is 1. The molecule has 0 aromatic heterocycles. The van der Waals surface area contributed by atoms with Gasteiger partial charge in [0, 0.05) is 11.8 Å². The number of nitrogen functional groups attached to an aromatic ring is 1. The van der Waals surface area contributed by atoms with E-state index in [1.165, 1.54) is 0 Å². The summed E-state index contributed by atoms with van der Waals surface area (Å²) in [4.78, 5) is 0. The highest BCUT2D eigenvalue weighted by Gasteiger charge is 2.31. The second-order valence-electron chi connectivity index (χ2n) is 5.82. The first-order chi connectivity index (χ1) is 8.37. The van der Waals surface area contributed by atoms with Crippen molar-refractivity contribution >= 4 is 5.69 Å². The Hall–Kier alpha value is -1.22. The minimum atomic E-state index is -0.00459. The van der Waals surface area contributed by atoms with Crippen LogP contribution in [0, 0.1) is 13.8 Å². The molecule has 1 aliphatic rings. The zero-order valence-electron chi connectivity index (χ0n) is 11.7. The van der Waals surface area contributed by atoms with Gasteiger partial charge >= 0.3 is 0 Å². The van der Waals surface area contributed by atoms with E-state index in [9.17, 15) is 0 Å². The summed E-state index contributed by atoms with van der Waals surface area (Å²) in [5.41, 5.74) is 8.90. The molecule has 2 N–H and O–H groups in total. The number of benzene rings is 1. The summed E-state index contributed by atoms with van der Waals surface area (Å²) < 4.78 is 11.8. The van der Waals surface area contributed by atoms with E-state index in [1.54, 1.807) is 0 Å². The van der Waals surface area contributed by atoms with Gasteiger partial charge in [0.05, 0.1) is 11.7 Å². The third kappa shape index (κ3) is 2.96. The van der Waals surface area contributed by atoms with Gasteiger partial charge in [-0.3, -0.25) is 0 Å². The molecule has 18 heavy (non-hydrogen) atoms. The molecule has 2 rings (SSSR count). The molecule has 1 fully saturated rings. The van der Waals surface area contributed by atoms with E-state index in [4.69, 9.17) is 15.2 Å². The van der Waals surface area contributed by atoms with Crippen LogP contribution < -0.4 is 10.5 Å². The van der Waals surface area contributed by atoms with Crippen molar-refractivity contribution in [2.24, 2.45) is 0 Å². The highest BCUT2D eigenvalue weighted by atomic mass is 16.6. The number of hydrogen-bond acceptors (Lipinski definition) is 3. The smallest absolute Gasteiger partial charge is 0.124 e. The summed E-state index contributed by atoms with van der Waals surface area (Å²) >= 11 is 0. The fourth-order valence-corrected chi connectivity index (χ4v) is 2.38. The molecule has 0 aliphatic carbocycles. The molecule has 0 spiro atoms. The highest BCUT2D eigenvalue weighted by molar-refractivity contribution is 5.54. The van der Waals surface area contributed by atoms with Crippen molar-refractivity contribution in [2.45, 2.75) is 52.2 Å². The summed E-state index contributed by atoms with van der Waals surface area (Å²) in [6, 6.07) is 3.97. The van der Waals surface area contributed by atoms with Crippen LogP contribution in [-0.2, 0) is 4.74 Å². The van der Waals surface area contributed by atoms with Gasteiger partial charge in [0.1, 0.15) is 12.4 Å². The lowest BCUT2D eigenvalue weighted by Gasteiger charge is -2.20. The zero-order valence-corrected chi connectivity index (χ0v) is 11.7. The SMILES string of the molecule is Cc1cc(C)c(OCC2CCC(C)(C)O2)cc1N. The summed E-state index contributed by atoms with van der Waals surface area (Å²) in [7, 11) is 0. The lowest BCUT2D eigenvalue weighted by molar-refractivity contribution is -0.0327. The van der Waals surface area contributed by atoms with Crippen LogP contribution in [0.4, 0.5) is 5.69 Å². The maximum absolute atomic E-state index is 5.91. The first kappa shape index (κ1) is 13.2. The Morgan fingerprint density at radius 2 is 2.06 bits per heavy atom. The van der Waals surface area contributed by atoms with E-state index in [2.05, 4.69) is 19.9 Å². The van der Waals surface area contributed by atoms with E-state index in [1.807, 2.05) is 19.9 Å². The molecule has 0 saturated carbocycles. The van der Waals surface area contributed by atoms with Crippen molar-refractivity contribution in [3.8, 4) is 5.75 Å². The predicted octanol–water partition coefficient (Wildman–Crippen LogP) is 3.22. The lowest BCUT2D eigenvalue weighted by atomic mass is 10.1. The average Bonchev–Trinajstić information content (AvgIpc) is 2.62. The fourth-order valence-electron chi connectivity index (χ4n) is 2.38. The normalized spacial score (nSPS) is 22.1. The van der Waals surface area contributed by atoms with Crippen LogP contribution >= 0.6 is 0 Å². The topological polar surface area (TPSA) is 44.5 Å². The molecule has 1 heterocycles. The van der Waals surface area contributed by atoms with Crippen LogP contribution in [0.15, 0.2) is 12.1 Å². The molecule has 1 atom stereocenters. The molecule has 1 aromatic carbocycles. The van der Waals surface area contributed by atoms with E-state index < -0.39 is 0 Å². The summed E-state index contributed by atoms with van der Waals surface area (Å²) in [6.07, 6.45) is 2.35. The van der Waals surface area contributed by atoms with Crippen molar-refractivity contribution < 1.29 is 9.47 Å². The summed E-state index contributed by atoms with van der Waals surface area (Å²) in [5, 5.41) is 0. The largest absolute Gasteiger partial charge is 0.491 e. The van der Waals surface area contributed by atoms with Gasteiger partial charge < -0.3 is 15.2 Å². The maximum atomic E-state index is 5.91. The Bertz CT molecular complexity index is 440. The number of rotatable bonds is 3. The number of hydrogen-bond donors (Lipinski definition) is 1. The molecule has 1 saturated heterocycles. The van der Waals surface area contributed by atoms with Crippen LogP contribution in [0.25, 0.3) is 0 Å². The monoisotopic (exact) mass is 249 g/mol. The third-order valence-corrected chi connectivity index (χ3v) is 3.54. The Balaban J connectivity index is 1.97. The maximum Gasteiger partial charge on any atom is 0.124 e. The zero-order chi connectivity index (χ0) is 13.3. The quantitative estimate of drug-likeness (QED) is 0.836. The van der Waals surface area contributed by atoms with Crippen LogP contribution in [-0.4, -0.2) is 18.3 Å². The van der Waals surface area contributed by atoms with Crippen LogP contribution in [0.5, 0.6) is 5.75 Å². The minimum Gasteiger partial charge on any atom is -0.491 e. The second-order valence-corrected chi connectivity index (χ2v) is 5.82. The Kier molecular flexibility index (Phi) is 3.53. The van der Waals surface area contributed by atoms with Gasteiger partial charge in [0.25, 0.3) is 0 Å². The average molecular weight is 249 g/mol. The first-order valence-electron chi connectivity index (χ1n) is 6.55. The van der Waals surface area contributed by atoms with Crippen molar-refractivity contribution in [2.75, 3.05) is 12.3 Å². The highest BCUT2D eigenvalue weighted by Crippen LogP contribution is 2.30. The van der Waals surface area contributed by atoms with Crippen molar-refractivity contribution in [1.82, 2.24) is 0 Å². The molecule has 0 bridgehead atoms. The van der Waals surface area contributed by atoms with Gasteiger partial charge in [-0.15, -0.1) is 0 Å². The predicted molar refractivity (Wildman–Crippen MR) is 74.0 cm³/mol. The molecular formula is C15H23NO2. The minimum absolute atomic E-state index is 0.00459. The number of ether oxygens (including phenoxy) is 2. The van der Waals surface area contributed by atoms with Gasteiger partial charge in [-0.05, 0) is 51.7 Å². The molecule has 1 aromatic rings. The molecular weight excluding hydrogens is 226 g/mol. The molecule has 3 heteroatoms. The number of anilines is 1. The summed E-state index contributed by atoms with van der Waals surface area (Å²) in [5.74, 6) is 0.867. The van der Waals surface area contributed by atoms with Crippen LogP contribution in [0.2, 0.25) is 0 Å². The molecule has 0 amide bonds. The van der Waals surface area contributed by atoms with Gasteiger partial charge in [-0.2, -0.15) is 0 Å². The Morgan fingerprint density at radius 1 is 1.33 bits per heavy atom. The Morgan fingerprint density at radius 3 is 2.67 bits per heavy atom. The van der Waals surface area contributed by atoms with Crippen molar-refractivity contribution in [3.63, 3.8) is 0 Å². The lowest BCUT2D eigenvalue weighted by Crippen LogP contribution is -2.24. The first-order valence-corrected chi connectivity index (χ1v) is 6.55. The summed E-state index contributed by atoms with van der Waals surface area (Å²) in [6.45, 7) is 8.91.